The number of carbonyl (C=O) groups is 2. The van der Waals surface area contributed by atoms with E-state index in [1.54, 1.807) is 4.90 Å². The van der Waals surface area contributed by atoms with Crippen molar-refractivity contribution in [3.8, 4) is 0 Å². The van der Waals surface area contributed by atoms with Crippen LogP contribution < -0.4 is 0 Å². The second-order valence-electron chi connectivity index (χ2n) is 6.05. The van der Waals surface area contributed by atoms with Crippen molar-refractivity contribution in [2.75, 3.05) is 0 Å². The highest BCUT2D eigenvalue weighted by Crippen LogP contribution is 2.44. The first-order valence-electron chi connectivity index (χ1n) is 7.24. The van der Waals surface area contributed by atoms with Gasteiger partial charge < -0.3 is 0 Å². The van der Waals surface area contributed by atoms with E-state index in [1.807, 2.05) is 0 Å². The summed E-state index contributed by atoms with van der Waals surface area (Å²) in [6.45, 7) is 0. The Kier molecular flexibility index (Phi) is 4.05. The minimum atomic E-state index is -0.0763. The molecule has 1 heterocycles. The van der Waals surface area contributed by atoms with Crippen molar-refractivity contribution in [2.45, 2.75) is 60.6 Å². The Balaban J connectivity index is 1.80. The molecule has 0 aromatic rings. The van der Waals surface area contributed by atoms with E-state index in [1.165, 1.54) is 6.42 Å². The molecule has 2 aliphatic carbocycles. The Morgan fingerprint density at radius 1 is 0.842 bits per heavy atom. The number of hydrogen-bond donors (Lipinski definition) is 0. The molecule has 2 saturated carbocycles. The maximum Gasteiger partial charge on any atom is 0.233 e. The molecule has 19 heavy (non-hydrogen) atoms. The van der Waals surface area contributed by atoms with Crippen molar-refractivity contribution in [3.05, 3.63) is 0 Å². The molecule has 0 radical (unpaired) electrons. The fraction of sp³-hybridized carbons (Fsp3) is 0.857. The third-order valence-corrected chi connectivity index (χ3v) is 7.62. The average Bonchev–Trinajstić information content (AvgIpc) is 2.64. The van der Waals surface area contributed by atoms with Crippen LogP contribution >= 0.6 is 31.9 Å². The van der Waals surface area contributed by atoms with Gasteiger partial charge in [0.2, 0.25) is 11.8 Å². The lowest BCUT2D eigenvalue weighted by Gasteiger charge is -2.29. The first kappa shape index (κ1) is 14.1. The first-order chi connectivity index (χ1) is 9.09. The van der Waals surface area contributed by atoms with Crippen LogP contribution in [0.2, 0.25) is 0 Å². The molecule has 1 aliphatic heterocycles. The summed E-state index contributed by atoms with van der Waals surface area (Å²) >= 11 is 7.25. The summed E-state index contributed by atoms with van der Waals surface area (Å²) in [5.41, 5.74) is 0. The van der Waals surface area contributed by atoms with E-state index in [0.29, 0.717) is 9.65 Å². The molecule has 3 rings (SSSR count). The van der Waals surface area contributed by atoms with Gasteiger partial charge in [0.1, 0.15) is 0 Å². The predicted molar refractivity (Wildman–Crippen MR) is 80.4 cm³/mol. The molecule has 2 amide bonds. The van der Waals surface area contributed by atoms with E-state index in [4.69, 9.17) is 0 Å². The molecule has 0 aromatic carbocycles. The number of fused-ring (bicyclic) bond motifs is 1. The minimum Gasteiger partial charge on any atom is -0.279 e. The van der Waals surface area contributed by atoms with Crippen molar-refractivity contribution in [2.24, 2.45) is 11.8 Å². The summed E-state index contributed by atoms with van der Waals surface area (Å²) in [4.78, 5) is 27.4. The van der Waals surface area contributed by atoms with Gasteiger partial charge in [-0.05, 0) is 25.7 Å². The molecular formula is C14H19Br2NO2. The van der Waals surface area contributed by atoms with E-state index in [9.17, 15) is 9.59 Å². The standard InChI is InChI=1S/C14H19Br2NO2/c15-11-6-9-10(7-12(11)16)14(19)17(13(9)18)8-4-2-1-3-5-8/h8-12H,1-7H2. The Bertz CT molecular complexity index is 367. The lowest BCUT2D eigenvalue weighted by Crippen LogP contribution is -2.41. The number of hydrogen-bond acceptors (Lipinski definition) is 2. The van der Waals surface area contributed by atoms with Crippen LogP contribution in [0.25, 0.3) is 0 Å². The van der Waals surface area contributed by atoms with Crippen LogP contribution in [0.5, 0.6) is 0 Å². The zero-order valence-electron chi connectivity index (χ0n) is 10.9. The fourth-order valence-electron chi connectivity index (χ4n) is 3.82. The Hall–Kier alpha value is 0.1000. The van der Waals surface area contributed by atoms with Crippen LogP contribution in [-0.4, -0.2) is 32.4 Å². The molecule has 3 aliphatic rings. The number of halogens is 2. The van der Waals surface area contributed by atoms with E-state index in [2.05, 4.69) is 31.9 Å². The molecular weight excluding hydrogens is 374 g/mol. The van der Waals surface area contributed by atoms with Gasteiger partial charge in [-0.1, -0.05) is 51.1 Å². The summed E-state index contributed by atoms with van der Waals surface area (Å²) in [6.07, 6.45) is 7.13. The molecule has 1 saturated heterocycles. The zero-order chi connectivity index (χ0) is 13.6. The summed E-state index contributed by atoms with van der Waals surface area (Å²) < 4.78 is 0. The average molecular weight is 393 g/mol. The Labute approximate surface area is 130 Å². The third kappa shape index (κ3) is 2.41. The van der Waals surface area contributed by atoms with Gasteiger partial charge in [0.05, 0.1) is 11.8 Å². The zero-order valence-corrected chi connectivity index (χ0v) is 14.0. The summed E-state index contributed by atoms with van der Waals surface area (Å²) in [5, 5.41) is 0. The highest BCUT2D eigenvalue weighted by Gasteiger charge is 2.53. The van der Waals surface area contributed by atoms with Crippen molar-refractivity contribution < 1.29 is 9.59 Å². The third-order valence-electron chi connectivity index (χ3n) is 4.89. The summed E-state index contributed by atoms with van der Waals surface area (Å²) in [7, 11) is 0. The van der Waals surface area contributed by atoms with E-state index >= 15 is 0 Å². The second kappa shape index (κ2) is 5.47. The Morgan fingerprint density at radius 3 is 1.79 bits per heavy atom. The molecule has 4 atom stereocenters. The van der Waals surface area contributed by atoms with Gasteiger partial charge in [-0.2, -0.15) is 0 Å². The monoisotopic (exact) mass is 391 g/mol. The number of rotatable bonds is 1. The molecule has 3 nitrogen and oxygen atoms in total. The molecule has 106 valence electrons. The fourth-order valence-corrected chi connectivity index (χ4v) is 5.06. The number of carbonyl (C=O) groups excluding carboxylic acids is 2. The highest BCUT2D eigenvalue weighted by molar-refractivity contribution is 9.12. The SMILES string of the molecule is O=C1C2CC(Br)C(Br)CC2C(=O)N1C1CCCCC1. The van der Waals surface area contributed by atoms with Gasteiger partial charge in [0, 0.05) is 15.7 Å². The van der Waals surface area contributed by atoms with E-state index in [0.717, 1.165) is 38.5 Å². The van der Waals surface area contributed by atoms with E-state index < -0.39 is 0 Å². The van der Waals surface area contributed by atoms with Crippen LogP contribution in [0, 0.1) is 11.8 Å². The molecule has 0 spiro atoms. The van der Waals surface area contributed by atoms with Gasteiger partial charge in [-0.15, -0.1) is 0 Å². The van der Waals surface area contributed by atoms with Crippen LogP contribution in [0.1, 0.15) is 44.9 Å². The molecule has 5 heteroatoms. The number of imide groups is 1. The van der Waals surface area contributed by atoms with Gasteiger partial charge in [0.15, 0.2) is 0 Å². The minimum absolute atomic E-state index is 0.0763. The molecule has 0 bridgehead atoms. The van der Waals surface area contributed by atoms with Crippen molar-refractivity contribution in [1.29, 1.82) is 0 Å². The normalized spacial score (nSPS) is 40.6. The number of alkyl halides is 2. The van der Waals surface area contributed by atoms with Crippen LogP contribution in [0.3, 0.4) is 0 Å². The summed E-state index contributed by atoms with van der Waals surface area (Å²) in [6, 6.07) is 0.182. The van der Waals surface area contributed by atoms with E-state index in [-0.39, 0.29) is 29.7 Å². The lowest BCUT2D eigenvalue weighted by molar-refractivity contribution is -0.143. The van der Waals surface area contributed by atoms with Crippen molar-refractivity contribution in [1.82, 2.24) is 4.90 Å². The number of nitrogens with zero attached hydrogens (tertiary/aromatic N) is 1. The van der Waals surface area contributed by atoms with Crippen molar-refractivity contribution >= 4 is 43.7 Å². The number of likely N-dealkylation sites (tertiary alicyclic amines) is 1. The summed E-state index contributed by atoms with van der Waals surface area (Å²) in [5.74, 6) is 0.0525. The quantitative estimate of drug-likeness (QED) is 0.507. The van der Waals surface area contributed by atoms with Gasteiger partial charge >= 0.3 is 0 Å². The first-order valence-corrected chi connectivity index (χ1v) is 9.07. The molecule has 0 N–H and O–H groups in total. The number of amides is 2. The predicted octanol–water partition coefficient (Wildman–Crippen LogP) is 3.24. The molecule has 0 aromatic heterocycles. The van der Waals surface area contributed by atoms with Crippen LogP contribution in [0.4, 0.5) is 0 Å². The second-order valence-corrected chi connectivity index (χ2v) is 8.41. The van der Waals surface area contributed by atoms with Gasteiger partial charge in [0.25, 0.3) is 0 Å². The van der Waals surface area contributed by atoms with Crippen LogP contribution in [0.15, 0.2) is 0 Å². The van der Waals surface area contributed by atoms with Gasteiger partial charge in [-0.3, -0.25) is 14.5 Å². The molecule has 4 unspecified atom stereocenters. The lowest BCUT2D eigenvalue weighted by atomic mass is 9.81. The smallest absolute Gasteiger partial charge is 0.233 e. The largest absolute Gasteiger partial charge is 0.279 e. The highest BCUT2D eigenvalue weighted by atomic mass is 79.9. The Morgan fingerprint density at radius 2 is 1.32 bits per heavy atom. The topological polar surface area (TPSA) is 37.4 Å². The van der Waals surface area contributed by atoms with Crippen LogP contribution in [-0.2, 0) is 9.59 Å². The van der Waals surface area contributed by atoms with Gasteiger partial charge in [-0.25, -0.2) is 0 Å². The maximum atomic E-state index is 12.6. The maximum absolute atomic E-state index is 12.6. The van der Waals surface area contributed by atoms with Crippen molar-refractivity contribution in [3.63, 3.8) is 0 Å². The molecule has 3 fully saturated rings.